The van der Waals surface area contributed by atoms with Crippen LogP contribution in [-0.4, -0.2) is 27.5 Å². The van der Waals surface area contributed by atoms with E-state index >= 15 is 0 Å². The zero-order valence-electron chi connectivity index (χ0n) is 15.6. The van der Waals surface area contributed by atoms with Gasteiger partial charge in [-0.2, -0.15) is 13.2 Å². The second kappa shape index (κ2) is 9.75. The van der Waals surface area contributed by atoms with Crippen LogP contribution in [0.2, 0.25) is 0 Å². The van der Waals surface area contributed by atoms with Gasteiger partial charge in [-0.25, -0.2) is 13.1 Å². The first-order valence-electron chi connectivity index (χ1n) is 8.81. The van der Waals surface area contributed by atoms with Crippen LogP contribution in [0.15, 0.2) is 53.4 Å². The largest absolute Gasteiger partial charge is 0.492 e. The highest BCUT2D eigenvalue weighted by Gasteiger charge is 2.30. The monoisotopic (exact) mass is 430 g/mol. The second-order valence-electron chi connectivity index (χ2n) is 6.09. The van der Waals surface area contributed by atoms with Gasteiger partial charge in [0.1, 0.15) is 12.4 Å². The molecule has 0 atom stereocenters. The van der Waals surface area contributed by atoms with E-state index in [-0.39, 0.29) is 29.7 Å². The lowest BCUT2D eigenvalue weighted by molar-refractivity contribution is -0.137. The third-order valence-corrected chi connectivity index (χ3v) is 5.23. The summed E-state index contributed by atoms with van der Waals surface area (Å²) in [5.74, 6) is -0.167. The zero-order chi connectivity index (χ0) is 21.5. The summed E-state index contributed by atoms with van der Waals surface area (Å²) in [6.07, 6.45) is -3.42. The molecule has 0 radical (unpaired) electrons. The van der Waals surface area contributed by atoms with E-state index in [0.29, 0.717) is 18.5 Å². The van der Waals surface area contributed by atoms with Crippen LogP contribution in [-0.2, 0) is 21.0 Å². The molecular formula is C19H21F3N2O4S. The fourth-order valence-corrected chi connectivity index (χ4v) is 3.37. The molecule has 0 bridgehead atoms. The molecule has 0 aliphatic heterocycles. The highest BCUT2D eigenvalue weighted by Crippen LogP contribution is 2.31. The number of anilines is 1. The number of halogens is 3. The van der Waals surface area contributed by atoms with E-state index in [0.717, 1.165) is 12.1 Å². The van der Waals surface area contributed by atoms with E-state index in [9.17, 15) is 26.4 Å². The van der Waals surface area contributed by atoms with Gasteiger partial charge in [0.05, 0.1) is 10.5 Å². The standard InChI is InChI=1S/C19H21F3N2O4S/c1-2-4-18(25)24-15-7-9-17(10-8-15)29(26,27)23-11-12-28-16-6-3-5-14(13-16)19(20,21)22/h3,5-10,13,23H,2,4,11-12H2,1H3,(H,24,25). The Bertz CT molecular complexity index is 929. The molecule has 0 spiro atoms. The average Bonchev–Trinajstić information content (AvgIpc) is 2.65. The molecule has 2 aromatic rings. The quantitative estimate of drug-likeness (QED) is 0.593. The molecule has 0 fully saturated rings. The molecule has 29 heavy (non-hydrogen) atoms. The summed E-state index contributed by atoms with van der Waals surface area (Å²) in [4.78, 5) is 11.5. The molecule has 2 rings (SSSR count). The molecule has 0 aliphatic rings. The minimum atomic E-state index is -4.48. The van der Waals surface area contributed by atoms with Crippen LogP contribution in [0.1, 0.15) is 25.3 Å². The lowest BCUT2D eigenvalue weighted by Crippen LogP contribution is -2.28. The Kier molecular flexibility index (Phi) is 7.63. The van der Waals surface area contributed by atoms with Crippen molar-refractivity contribution in [3.8, 4) is 5.75 Å². The number of hydrogen-bond acceptors (Lipinski definition) is 4. The molecule has 6 nitrogen and oxygen atoms in total. The Morgan fingerprint density at radius 3 is 2.41 bits per heavy atom. The average molecular weight is 430 g/mol. The topological polar surface area (TPSA) is 84.5 Å². The molecule has 2 N–H and O–H groups in total. The van der Waals surface area contributed by atoms with Crippen LogP contribution in [0.3, 0.4) is 0 Å². The summed E-state index contributed by atoms with van der Waals surface area (Å²) in [6.45, 7) is 1.59. The smallest absolute Gasteiger partial charge is 0.416 e. The first kappa shape index (κ1) is 22.7. The van der Waals surface area contributed by atoms with Gasteiger partial charge < -0.3 is 10.1 Å². The van der Waals surface area contributed by atoms with Crippen molar-refractivity contribution in [3.05, 3.63) is 54.1 Å². The van der Waals surface area contributed by atoms with Crippen molar-refractivity contribution >= 4 is 21.6 Å². The molecule has 0 unspecified atom stereocenters. The van der Waals surface area contributed by atoms with Crippen LogP contribution in [0.5, 0.6) is 5.75 Å². The maximum absolute atomic E-state index is 12.7. The van der Waals surface area contributed by atoms with Crippen LogP contribution in [0.25, 0.3) is 0 Å². The number of sulfonamides is 1. The summed E-state index contributed by atoms with van der Waals surface area (Å²) in [6, 6.07) is 9.97. The lowest BCUT2D eigenvalue weighted by Gasteiger charge is -2.11. The SMILES string of the molecule is CCCC(=O)Nc1ccc(S(=O)(=O)NCCOc2cccc(C(F)(F)F)c2)cc1. The molecular weight excluding hydrogens is 409 g/mol. The first-order chi connectivity index (χ1) is 13.6. The second-order valence-corrected chi connectivity index (χ2v) is 7.86. The Hall–Kier alpha value is -2.59. The normalized spacial score (nSPS) is 11.9. The third kappa shape index (κ3) is 7.06. The number of carbonyl (C=O) groups is 1. The summed E-state index contributed by atoms with van der Waals surface area (Å²) in [5, 5.41) is 2.65. The van der Waals surface area contributed by atoms with E-state index in [1.54, 1.807) is 0 Å². The molecule has 1 amide bonds. The van der Waals surface area contributed by atoms with Crippen molar-refractivity contribution in [2.45, 2.75) is 30.8 Å². The molecule has 10 heteroatoms. The third-order valence-electron chi connectivity index (χ3n) is 3.75. The summed E-state index contributed by atoms with van der Waals surface area (Å²) in [5.41, 5.74) is -0.364. The molecule has 0 saturated heterocycles. The number of hydrogen-bond donors (Lipinski definition) is 2. The maximum Gasteiger partial charge on any atom is 0.416 e. The van der Waals surface area contributed by atoms with E-state index in [4.69, 9.17) is 4.74 Å². The van der Waals surface area contributed by atoms with Gasteiger partial charge in [-0.05, 0) is 48.9 Å². The number of carbonyl (C=O) groups excluding carboxylic acids is 1. The van der Waals surface area contributed by atoms with Gasteiger partial charge in [-0.15, -0.1) is 0 Å². The minimum Gasteiger partial charge on any atom is -0.492 e. The van der Waals surface area contributed by atoms with E-state index in [1.807, 2.05) is 6.92 Å². The highest BCUT2D eigenvalue weighted by molar-refractivity contribution is 7.89. The predicted molar refractivity (Wildman–Crippen MR) is 102 cm³/mol. The fourth-order valence-electron chi connectivity index (χ4n) is 2.36. The highest BCUT2D eigenvalue weighted by atomic mass is 32.2. The summed E-state index contributed by atoms with van der Waals surface area (Å²) in [7, 11) is -3.82. The summed E-state index contributed by atoms with van der Waals surface area (Å²) >= 11 is 0. The molecule has 2 aromatic carbocycles. The van der Waals surface area contributed by atoms with Gasteiger partial charge in [0.2, 0.25) is 15.9 Å². The predicted octanol–water partition coefficient (Wildman–Crippen LogP) is 3.80. The molecule has 0 aliphatic carbocycles. The lowest BCUT2D eigenvalue weighted by atomic mass is 10.2. The van der Waals surface area contributed by atoms with Crippen molar-refractivity contribution in [1.82, 2.24) is 4.72 Å². The van der Waals surface area contributed by atoms with Gasteiger partial charge in [0, 0.05) is 18.7 Å². The van der Waals surface area contributed by atoms with Crippen LogP contribution in [0, 0.1) is 0 Å². The zero-order valence-corrected chi connectivity index (χ0v) is 16.4. The molecule has 158 valence electrons. The number of benzene rings is 2. The van der Waals surface area contributed by atoms with Crippen molar-refractivity contribution in [3.63, 3.8) is 0 Å². The number of nitrogens with one attached hydrogen (secondary N) is 2. The number of ether oxygens (including phenoxy) is 1. The molecule has 0 aromatic heterocycles. The van der Waals surface area contributed by atoms with Gasteiger partial charge in [-0.1, -0.05) is 13.0 Å². The number of rotatable bonds is 9. The van der Waals surface area contributed by atoms with E-state index in [2.05, 4.69) is 10.0 Å². The first-order valence-corrected chi connectivity index (χ1v) is 10.3. The Labute approximate surface area is 167 Å². The molecule has 0 heterocycles. The van der Waals surface area contributed by atoms with Crippen molar-refractivity contribution in [1.29, 1.82) is 0 Å². The molecule has 0 saturated carbocycles. The van der Waals surface area contributed by atoms with Gasteiger partial charge >= 0.3 is 6.18 Å². The number of amides is 1. The van der Waals surface area contributed by atoms with Crippen molar-refractivity contribution in [2.24, 2.45) is 0 Å². The van der Waals surface area contributed by atoms with Crippen LogP contribution >= 0.6 is 0 Å². The maximum atomic E-state index is 12.7. The van der Waals surface area contributed by atoms with Gasteiger partial charge in [-0.3, -0.25) is 4.79 Å². The number of alkyl halides is 3. The van der Waals surface area contributed by atoms with Crippen molar-refractivity contribution < 1.29 is 31.1 Å². The van der Waals surface area contributed by atoms with Gasteiger partial charge in [0.15, 0.2) is 0 Å². The van der Waals surface area contributed by atoms with Gasteiger partial charge in [0.25, 0.3) is 0 Å². The van der Waals surface area contributed by atoms with E-state index in [1.165, 1.54) is 36.4 Å². The van der Waals surface area contributed by atoms with E-state index < -0.39 is 21.8 Å². The van der Waals surface area contributed by atoms with Crippen LogP contribution < -0.4 is 14.8 Å². The minimum absolute atomic E-state index is 0.00815. The Balaban J connectivity index is 1.88. The Morgan fingerprint density at radius 1 is 1.10 bits per heavy atom. The van der Waals surface area contributed by atoms with Crippen LogP contribution in [0.4, 0.5) is 18.9 Å². The Morgan fingerprint density at radius 2 is 1.79 bits per heavy atom. The fraction of sp³-hybridized carbons (Fsp3) is 0.316. The van der Waals surface area contributed by atoms with Crippen molar-refractivity contribution in [2.75, 3.05) is 18.5 Å². The summed E-state index contributed by atoms with van der Waals surface area (Å²) < 4.78 is 70.0.